The number of aliphatic hydroxyl groups is 1. The normalized spacial score (nSPS) is 20.5. The maximum Gasteiger partial charge on any atom is 0.416 e. The topological polar surface area (TPSA) is 77.7 Å². The van der Waals surface area contributed by atoms with Crippen LogP contribution in [0.2, 0.25) is 0 Å². The van der Waals surface area contributed by atoms with Crippen LogP contribution < -0.4 is 4.90 Å². The number of nitrogens with zero attached hydrogens (tertiary/aromatic N) is 6. The molecule has 2 atom stereocenters. The monoisotopic (exact) mass is 542 g/mol. The number of halogens is 3. The molecule has 198 valence electrons. The van der Waals surface area contributed by atoms with Crippen LogP contribution in [-0.2, 0) is 11.0 Å². The summed E-state index contributed by atoms with van der Waals surface area (Å²) in [6, 6.07) is 9.40. The van der Waals surface area contributed by atoms with Crippen LogP contribution >= 0.6 is 11.3 Å². The molecule has 0 spiro atoms. The van der Waals surface area contributed by atoms with Gasteiger partial charge in [0.15, 0.2) is 6.23 Å². The Morgan fingerprint density at radius 2 is 1.84 bits per heavy atom. The number of aromatic nitrogens is 3. The molecule has 1 aromatic carbocycles. The fraction of sp³-hybridized carbons (Fsp3) is 0.346. The summed E-state index contributed by atoms with van der Waals surface area (Å²) in [5.74, 6) is 0.220. The van der Waals surface area contributed by atoms with Gasteiger partial charge < -0.3 is 14.6 Å². The average molecular weight is 543 g/mol. The lowest BCUT2D eigenvalue weighted by molar-refractivity contribution is -0.137. The number of hydrogen-bond donors (Lipinski definition) is 1. The zero-order valence-electron chi connectivity index (χ0n) is 20.3. The van der Waals surface area contributed by atoms with Gasteiger partial charge in [-0.15, -0.1) is 11.3 Å². The minimum Gasteiger partial charge on any atom is -0.372 e. The van der Waals surface area contributed by atoms with E-state index in [0.717, 1.165) is 42.5 Å². The van der Waals surface area contributed by atoms with Crippen molar-refractivity contribution in [1.82, 2.24) is 24.3 Å². The Morgan fingerprint density at radius 3 is 2.58 bits per heavy atom. The first kappa shape index (κ1) is 25.0. The smallest absolute Gasteiger partial charge is 0.372 e. The predicted molar refractivity (Wildman–Crippen MR) is 137 cm³/mol. The molecule has 2 aliphatic heterocycles. The Balaban J connectivity index is 1.15. The lowest BCUT2D eigenvalue weighted by Crippen LogP contribution is -2.51. The Morgan fingerprint density at radius 1 is 1.03 bits per heavy atom. The Bertz CT molecular complexity index is 1450. The third-order valence-corrected chi connectivity index (χ3v) is 8.11. The molecule has 2 fully saturated rings. The molecular formula is C26H25F3N6O2S. The first-order valence-electron chi connectivity index (χ1n) is 12.3. The molecular weight excluding hydrogens is 517 g/mol. The highest BCUT2D eigenvalue weighted by Gasteiger charge is 2.37. The van der Waals surface area contributed by atoms with Crippen LogP contribution in [-0.4, -0.2) is 74.1 Å². The van der Waals surface area contributed by atoms with E-state index in [9.17, 15) is 23.1 Å². The number of piperazine rings is 1. The van der Waals surface area contributed by atoms with E-state index in [-0.39, 0.29) is 17.8 Å². The SMILES string of the molecule is O=C1CC(N2CCN(C(O)c3nccs3)CC2)CN1c1ccc2c(ccn2-c2cc(C(F)(F)F)ccn2)c1. The second-order valence-electron chi connectivity index (χ2n) is 9.51. The lowest BCUT2D eigenvalue weighted by Gasteiger charge is -2.39. The van der Waals surface area contributed by atoms with E-state index < -0.39 is 18.0 Å². The standard InChI is InChI=1S/C26H25F3N6O2S/c27-26(28,29)18-3-5-30-22(14-18)34-7-4-17-13-19(1-2-21(17)34)35-16-20(15-23(35)36)32-8-10-33(11-9-32)25(37)24-31-6-12-38-24/h1-7,12-14,20,25,37H,8-11,15-16H2. The number of amides is 1. The largest absolute Gasteiger partial charge is 0.416 e. The fourth-order valence-electron chi connectivity index (χ4n) is 5.27. The Hall–Kier alpha value is -3.32. The molecule has 1 amide bonds. The third-order valence-electron chi connectivity index (χ3n) is 7.29. The van der Waals surface area contributed by atoms with Crippen LogP contribution in [0.25, 0.3) is 16.7 Å². The van der Waals surface area contributed by atoms with E-state index in [1.165, 1.54) is 11.3 Å². The van der Waals surface area contributed by atoms with Gasteiger partial charge in [-0.25, -0.2) is 9.97 Å². The summed E-state index contributed by atoms with van der Waals surface area (Å²) in [7, 11) is 0. The van der Waals surface area contributed by atoms with Crippen LogP contribution in [0, 0.1) is 0 Å². The summed E-state index contributed by atoms with van der Waals surface area (Å²) in [6.07, 6.45) is -0.209. The average Bonchev–Trinajstić information content (AvgIpc) is 3.68. The van der Waals surface area contributed by atoms with Gasteiger partial charge in [0.25, 0.3) is 0 Å². The number of rotatable bonds is 5. The highest BCUT2D eigenvalue weighted by atomic mass is 32.1. The van der Waals surface area contributed by atoms with E-state index >= 15 is 0 Å². The van der Waals surface area contributed by atoms with Crippen molar-refractivity contribution in [3.05, 3.63) is 70.9 Å². The number of aliphatic hydroxyl groups excluding tert-OH is 1. The third kappa shape index (κ3) is 4.68. The summed E-state index contributed by atoms with van der Waals surface area (Å²) < 4.78 is 41.1. The zero-order chi connectivity index (χ0) is 26.4. The van der Waals surface area contributed by atoms with Gasteiger partial charge in [0.1, 0.15) is 10.8 Å². The molecule has 0 bridgehead atoms. The summed E-state index contributed by atoms with van der Waals surface area (Å²) in [5.41, 5.74) is 0.712. The van der Waals surface area contributed by atoms with E-state index in [4.69, 9.17) is 0 Å². The number of pyridine rings is 1. The van der Waals surface area contributed by atoms with Crippen molar-refractivity contribution in [1.29, 1.82) is 0 Å². The molecule has 2 unspecified atom stereocenters. The van der Waals surface area contributed by atoms with Crippen molar-refractivity contribution in [3.8, 4) is 5.82 Å². The summed E-state index contributed by atoms with van der Waals surface area (Å²) in [5, 5.41) is 13.9. The number of alkyl halides is 3. The number of fused-ring (bicyclic) bond motifs is 1. The molecule has 0 saturated carbocycles. The van der Waals surface area contributed by atoms with Gasteiger partial charge in [-0.05, 0) is 36.4 Å². The minimum atomic E-state index is -4.45. The number of benzene rings is 1. The zero-order valence-corrected chi connectivity index (χ0v) is 21.1. The predicted octanol–water partition coefficient (Wildman–Crippen LogP) is 3.91. The van der Waals surface area contributed by atoms with Crippen LogP contribution in [0.4, 0.5) is 18.9 Å². The quantitative estimate of drug-likeness (QED) is 0.412. The van der Waals surface area contributed by atoms with Crippen LogP contribution in [0.15, 0.2) is 60.4 Å². The highest BCUT2D eigenvalue weighted by Crippen LogP contribution is 2.32. The fourth-order valence-corrected chi connectivity index (χ4v) is 5.93. The molecule has 4 aromatic rings. The van der Waals surface area contributed by atoms with E-state index in [0.29, 0.717) is 36.6 Å². The molecule has 2 aliphatic rings. The van der Waals surface area contributed by atoms with E-state index in [1.54, 1.807) is 21.9 Å². The van der Waals surface area contributed by atoms with Gasteiger partial charge in [0, 0.05) is 80.2 Å². The van der Waals surface area contributed by atoms with Gasteiger partial charge >= 0.3 is 6.18 Å². The molecule has 5 heterocycles. The van der Waals surface area contributed by atoms with Gasteiger partial charge in [-0.1, -0.05) is 0 Å². The molecule has 0 radical (unpaired) electrons. The molecule has 12 heteroatoms. The second kappa shape index (κ2) is 9.77. The van der Waals surface area contributed by atoms with E-state index in [2.05, 4.69) is 14.9 Å². The summed E-state index contributed by atoms with van der Waals surface area (Å²) in [6.45, 7) is 3.44. The second-order valence-corrected chi connectivity index (χ2v) is 10.4. The molecule has 1 N–H and O–H groups in total. The van der Waals surface area contributed by atoms with Crippen molar-refractivity contribution in [2.45, 2.75) is 24.9 Å². The Kier molecular flexibility index (Phi) is 6.42. The first-order valence-corrected chi connectivity index (χ1v) is 13.2. The Labute approximate surface area is 220 Å². The van der Waals surface area contributed by atoms with Crippen LogP contribution in [0.3, 0.4) is 0 Å². The molecule has 3 aromatic heterocycles. The van der Waals surface area contributed by atoms with Gasteiger partial charge in [0.2, 0.25) is 5.91 Å². The van der Waals surface area contributed by atoms with Crippen molar-refractivity contribution in [2.75, 3.05) is 37.6 Å². The lowest BCUT2D eigenvalue weighted by atomic mass is 10.2. The summed E-state index contributed by atoms with van der Waals surface area (Å²) >= 11 is 1.43. The maximum absolute atomic E-state index is 13.2. The number of carbonyl (C=O) groups excluding carboxylic acids is 1. The molecule has 38 heavy (non-hydrogen) atoms. The summed E-state index contributed by atoms with van der Waals surface area (Å²) in [4.78, 5) is 27.4. The molecule has 2 saturated heterocycles. The minimum absolute atomic E-state index is 0.0403. The van der Waals surface area contributed by atoms with Gasteiger partial charge in [0.05, 0.1) is 11.1 Å². The van der Waals surface area contributed by atoms with E-state index in [1.807, 2.05) is 34.5 Å². The van der Waals surface area contributed by atoms with Crippen molar-refractivity contribution in [3.63, 3.8) is 0 Å². The molecule has 0 aliphatic carbocycles. The van der Waals surface area contributed by atoms with Crippen LogP contribution in [0.5, 0.6) is 0 Å². The number of thiazole rings is 1. The maximum atomic E-state index is 13.2. The molecule has 6 rings (SSSR count). The first-order chi connectivity index (χ1) is 18.3. The molecule has 8 nitrogen and oxygen atoms in total. The van der Waals surface area contributed by atoms with Gasteiger partial charge in [-0.3, -0.25) is 14.6 Å². The van der Waals surface area contributed by atoms with Gasteiger partial charge in [-0.2, -0.15) is 13.2 Å². The highest BCUT2D eigenvalue weighted by molar-refractivity contribution is 7.09. The van der Waals surface area contributed by atoms with Crippen molar-refractivity contribution in [2.24, 2.45) is 0 Å². The van der Waals surface area contributed by atoms with Crippen molar-refractivity contribution >= 4 is 33.8 Å². The van der Waals surface area contributed by atoms with Crippen molar-refractivity contribution < 1.29 is 23.1 Å². The number of hydrogen-bond acceptors (Lipinski definition) is 7. The number of anilines is 1. The number of carbonyl (C=O) groups is 1. The van der Waals surface area contributed by atoms with Crippen LogP contribution in [0.1, 0.15) is 23.2 Å².